The van der Waals surface area contributed by atoms with Gasteiger partial charge in [-0.3, -0.25) is 4.79 Å². The molecule has 1 saturated carbocycles. The first-order chi connectivity index (χ1) is 10.7. The van der Waals surface area contributed by atoms with Crippen LogP contribution in [0, 0.1) is 5.92 Å². The smallest absolute Gasteiger partial charge is 0.251 e. The SMILES string of the molecule is COc1ccc(C(=O)N[C@@H](c2ccc(Cl)cc2)C2CC2)cc1. The molecule has 0 saturated heterocycles. The van der Waals surface area contributed by atoms with Crippen molar-refractivity contribution in [2.75, 3.05) is 7.11 Å². The molecular formula is C18H18ClNO2. The van der Waals surface area contributed by atoms with E-state index in [9.17, 15) is 4.79 Å². The van der Waals surface area contributed by atoms with Crippen LogP contribution in [0.15, 0.2) is 48.5 Å². The van der Waals surface area contributed by atoms with Gasteiger partial charge in [0.15, 0.2) is 0 Å². The molecule has 1 aliphatic carbocycles. The van der Waals surface area contributed by atoms with Gasteiger partial charge in [0.2, 0.25) is 0 Å². The van der Waals surface area contributed by atoms with Crippen molar-refractivity contribution in [3.63, 3.8) is 0 Å². The second kappa shape index (κ2) is 6.41. The predicted octanol–water partition coefficient (Wildman–Crippen LogP) is 4.23. The average Bonchev–Trinajstić information content (AvgIpc) is 3.38. The van der Waals surface area contributed by atoms with E-state index in [1.165, 1.54) is 0 Å². The predicted molar refractivity (Wildman–Crippen MR) is 87.4 cm³/mol. The molecule has 1 N–H and O–H groups in total. The van der Waals surface area contributed by atoms with E-state index in [0.717, 1.165) is 24.2 Å². The van der Waals surface area contributed by atoms with Gasteiger partial charge in [0, 0.05) is 10.6 Å². The summed E-state index contributed by atoms with van der Waals surface area (Å²) in [4.78, 5) is 12.4. The maximum Gasteiger partial charge on any atom is 0.251 e. The van der Waals surface area contributed by atoms with Gasteiger partial charge in [-0.2, -0.15) is 0 Å². The molecule has 0 radical (unpaired) electrons. The topological polar surface area (TPSA) is 38.3 Å². The summed E-state index contributed by atoms with van der Waals surface area (Å²) in [6.07, 6.45) is 2.30. The summed E-state index contributed by atoms with van der Waals surface area (Å²) in [5.41, 5.74) is 1.74. The lowest BCUT2D eigenvalue weighted by Gasteiger charge is -2.19. The van der Waals surface area contributed by atoms with E-state index in [-0.39, 0.29) is 11.9 Å². The molecular weight excluding hydrogens is 298 g/mol. The number of halogens is 1. The van der Waals surface area contributed by atoms with Gasteiger partial charge < -0.3 is 10.1 Å². The highest BCUT2D eigenvalue weighted by atomic mass is 35.5. The maximum atomic E-state index is 12.4. The monoisotopic (exact) mass is 315 g/mol. The van der Waals surface area contributed by atoms with Gasteiger partial charge in [0.25, 0.3) is 5.91 Å². The van der Waals surface area contributed by atoms with Crippen molar-refractivity contribution in [3.05, 3.63) is 64.7 Å². The standard InChI is InChI=1S/C18H18ClNO2/c1-22-16-10-6-14(7-11-16)18(21)20-17(12-2-3-12)13-4-8-15(19)9-5-13/h4-12,17H,2-3H2,1H3,(H,20,21)/t17-/m1/s1. The minimum Gasteiger partial charge on any atom is -0.497 e. The highest BCUT2D eigenvalue weighted by molar-refractivity contribution is 6.30. The summed E-state index contributed by atoms with van der Waals surface area (Å²) in [7, 11) is 1.61. The van der Waals surface area contributed by atoms with Crippen LogP contribution in [0.3, 0.4) is 0 Å². The van der Waals surface area contributed by atoms with Crippen molar-refractivity contribution in [3.8, 4) is 5.75 Å². The number of hydrogen-bond donors (Lipinski definition) is 1. The Morgan fingerprint density at radius 1 is 1.14 bits per heavy atom. The second-order valence-corrected chi connectivity index (χ2v) is 6.01. The van der Waals surface area contributed by atoms with Crippen LogP contribution in [0.1, 0.15) is 34.8 Å². The zero-order valence-electron chi connectivity index (χ0n) is 12.4. The Kier molecular flexibility index (Phi) is 4.34. The van der Waals surface area contributed by atoms with Crippen LogP contribution in [0.5, 0.6) is 5.75 Å². The van der Waals surface area contributed by atoms with Gasteiger partial charge in [-0.05, 0) is 60.7 Å². The van der Waals surface area contributed by atoms with Crippen LogP contribution in [0.25, 0.3) is 0 Å². The summed E-state index contributed by atoms with van der Waals surface area (Å²) in [6, 6.07) is 14.9. The summed E-state index contributed by atoms with van der Waals surface area (Å²) in [6.45, 7) is 0. The normalized spacial score (nSPS) is 15.2. The molecule has 1 fully saturated rings. The van der Waals surface area contributed by atoms with E-state index in [4.69, 9.17) is 16.3 Å². The first kappa shape index (κ1) is 14.9. The van der Waals surface area contributed by atoms with Crippen molar-refractivity contribution < 1.29 is 9.53 Å². The quantitative estimate of drug-likeness (QED) is 0.896. The molecule has 0 unspecified atom stereocenters. The van der Waals surface area contributed by atoms with Crippen LogP contribution in [0.2, 0.25) is 5.02 Å². The van der Waals surface area contributed by atoms with Crippen LogP contribution in [0.4, 0.5) is 0 Å². The molecule has 3 rings (SSSR count). The molecule has 0 aromatic heterocycles. The molecule has 0 spiro atoms. The highest BCUT2D eigenvalue weighted by Gasteiger charge is 2.33. The second-order valence-electron chi connectivity index (χ2n) is 5.57. The lowest BCUT2D eigenvalue weighted by atomic mass is 10.0. The molecule has 2 aromatic carbocycles. The molecule has 1 atom stereocenters. The number of methoxy groups -OCH3 is 1. The van der Waals surface area contributed by atoms with E-state index in [1.807, 2.05) is 24.3 Å². The van der Waals surface area contributed by atoms with Crippen molar-refractivity contribution in [1.82, 2.24) is 5.32 Å². The minimum absolute atomic E-state index is 0.0480. The van der Waals surface area contributed by atoms with Crippen molar-refractivity contribution in [2.45, 2.75) is 18.9 Å². The molecule has 0 heterocycles. The number of nitrogens with one attached hydrogen (secondary N) is 1. The fourth-order valence-corrected chi connectivity index (χ4v) is 2.67. The minimum atomic E-state index is -0.0606. The third-order valence-corrected chi connectivity index (χ3v) is 4.21. The van der Waals surface area contributed by atoms with Gasteiger partial charge in [-0.25, -0.2) is 0 Å². The molecule has 0 aliphatic heterocycles. The molecule has 114 valence electrons. The summed E-state index contributed by atoms with van der Waals surface area (Å²) < 4.78 is 5.11. The lowest BCUT2D eigenvalue weighted by molar-refractivity contribution is 0.0931. The zero-order chi connectivity index (χ0) is 15.5. The van der Waals surface area contributed by atoms with Crippen LogP contribution >= 0.6 is 11.6 Å². The third kappa shape index (κ3) is 3.42. The van der Waals surface area contributed by atoms with Crippen LogP contribution < -0.4 is 10.1 Å². The fraction of sp³-hybridized carbons (Fsp3) is 0.278. The number of hydrogen-bond acceptors (Lipinski definition) is 2. The average molecular weight is 316 g/mol. The Bertz CT molecular complexity index is 648. The van der Waals surface area contributed by atoms with Gasteiger partial charge >= 0.3 is 0 Å². The molecule has 3 nitrogen and oxygen atoms in total. The highest BCUT2D eigenvalue weighted by Crippen LogP contribution is 2.41. The van der Waals surface area contributed by atoms with E-state index in [1.54, 1.807) is 31.4 Å². The molecule has 4 heteroatoms. The number of rotatable bonds is 5. The van der Waals surface area contributed by atoms with Crippen LogP contribution in [-0.2, 0) is 0 Å². The Morgan fingerprint density at radius 3 is 2.32 bits per heavy atom. The molecule has 0 bridgehead atoms. The molecule has 2 aromatic rings. The Hall–Kier alpha value is -2.00. The van der Waals surface area contributed by atoms with Gasteiger partial charge in [-0.1, -0.05) is 23.7 Å². The number of carbonyl (C=O) groups excluding carboxylic acids is 1. The van der Waals surface area contributed by atoms with E-state index < -0.39 is 0 Å². The Morgan fingerprint density at radius 2 is 1.77 bits per heavy atom. The van der Waals surface area contributed by atoms with Gasteiger partial charge in [0.05, 0.1) is 13.2 Å². The van der Waals surface area contributed by atoms with Crippen molar-refractivity contribution in [1.29, 1.82) is 0 Å². The molecule has 1 amide bonds. The molecule has 1 aliphatic rings. The lowest BCUT2D eigenvalue weighted by Crippen LogP contribution is -2.29. The summed E-state index contributed by atoms with van der Waals surface area (Å²) in [5.74, 6) is 1.20. The van der Waals surface area contributed by atoms with Crippen LogP contribution in [-0.4, -0.2) is 13.0 Å². The van der Waals surface area contributed by atoms with Gasteiger partial charge in [-0.15, -0.1) is 0 Å². The first-order valence-electron chi connectivity index (χ1n) is 7.38. The number of ether oxygens (including phenoxy) is 1. The Balaban J connectivity index is 1.75. The van der Waals surface area contributed by atoms with E-state index in [0.29, 0.717) is 16.5 Å². The summed E-state index contributed by atoms with van der Waals surface area (Å²) >= 11 is 5.94. The number of benzene rings is 2. The maximum absolute atomic E-state index is 12.4. The third-order valence-electron chi connectivity index (χ3n) is 3.96. The number of carbonyl (C=O) groups is 1. The summed E-state index contributed by atoms with van der Waals surface area (Å²) in [5, 5.41) is 3.85. The van der Waals surface area contributed by atoms with Crippen molar-refractivity contribution in [2.24, 2.45) is 5.92 Å². The zero-order valence-corrected chi connectivity index (χ0v) is 13.1. The Labute approximate surface area is 135 Å². The van der Waals surface area contributed by atoms with Gasteiger partial charge in [0.1, 0.15) is 5.75 Å². The fourth-order valence-electron chi connectivity index (χ4n) is 2.54. The number of amides is 1. The van der Waals surface area contributed by atoms with Crippen molar-refractivity contribution >= 4 is 17.5 Å². The molecule has 22 heavy (non-hydrogen) atoms. The van der Waals surface area contributed by atoms with E-state index >= 15 is 0 Å². The first-order valence-corrected chi connectivity index (χ1v) is 7.75. The largest absolute Gasteiger partial charge is 0.497 e. The van der Waals surface area contributed by atoms with E-state index in [2.05, 4.69) is 5.32 Å².